The zero-order valence-electron chi connectivity index (χ0n) is 14.7. The summed E-state index contributed by atoms with van der Waals surface area (Å²) in [5, 5.41) is 2.75. The molecule has 134 valence electrons. The Balaban J connectivity index is 1.76. The number of carbonyl (C=O) groups is 1. The van der Waals surface area contributed by atoms with E-state index in [2.05, 4.69) is 16.0 Å². The van der Waals surface area contributed by atoms with Gasteiger partial charge in [-0.1, -0.05) is 6.07 Å². The summed E-state index contributed by atoms with van der Waals surface area (Å²) >= 11 is 1.50. The number of benzene rings is 1. The summed E-state index contributed by atoms with van der Waals surface area (Å²) in [6.45, 7) is 4.28. The second-order valence-electron chi connectivity index (χ2n) is 6.15. The van der Waals surface area contributed by atoms with Gasteiger partial charge >= 0.3 is 0 Å². The normalized spacial score (nSPS) is 13.6. The van der Waals surface area contributed by atoms with Gasteiger partial charge in [-0.3, -0.25) is 9.69 Å². The van der Waals surface area contributed by atoms with Crippen molar-refractivity contribution in [2.45, 2.75) is 26.3 Å². The summed E-state index contributed by atoms with van der Waals surface area (Å²) in [6.07, 6.45) is 2.11. The molecule has 2 heterocycles. The standard InChI is InChI=1S/C18H24N4O2S/c1-13(23)22(9-10-24-2)18-20-14(12-25-18)11-21-8-4-5-15-16(19)6-3-7-17(15)21/h3,6-7,12H,4-5,8-11,19H2,1-2H3. The highest BCUT2D eigenvalue weighted by Crippen LogP contribution is 2.32. The Labute approximate surface area is 152 Å². The second-order valence-corrected chi connectivity index (χ2v) is 6.99. The molecule has 3 rings (SSSR count). The van der Waals surface area contributed by atoms with Gasteiger partial charge in [0.25, 0.3) is 0 Å². The highest BCUT2D eigenvalue weighted by Gasteiger charge is 2.21. The molecule has 0 saturated carbocycles. The van der Waals surface area contributed by atoms with E-state index in [-0.39, 0.29) is 5.91 Å². The Hall–Kier alpha value is -2.12. The first kappa shape index (κ1) is 17.7. The number of fused-ring (bicyclic) bond motifs is 1. The van der Waals surface area contributed by atoms with Crippen LogP contribution in [0.1, 0.15) is 24.6 Å². The Bertz CT molecular complexity index is 746. The van der Waals surface area contributed by atoms with Crippen LogP contribution in [0.25, 0.3) is 0 Å². The zero-order chi connectivity index (χ0) is 17.8. The average molecular weight is 360 g/mol. The van der Waals surface area contributed by atoms with Gasteiger partial charge in [0.05, 0.1) is 25.4 Å². The molecule has 6 nitrogen and oxygen atoms in total. The number of rotatable bonds is 6. The van der Waals surface area contributed by atoms with E-state index in [1.807, 2.05) is 17.5 Å². The predicted molar refractivity (Wildman–Crippen MR) is 102 cm³/mol. The van der Waals surface area contributed by atoms with Crippen molar-refractivity contribution in [3.8, 4) is 0 Å². The van der Waals surface area contributed by atoms with Crippen molar-refractivity contribution < 1.29 is 9.53 Å². The minimum atomic E-state index is -0.0194. The first-order valence-corrected chi connectivity index (χ1v) is 9.32. The van der Waals surface area contributed by atoms with Crippen molar-refractivity contribution >= 4 is 33.8 Å². The van der Waals surface area contributed by atoms with Crippen LogP contribution in [0.15, 0.2) is 23.6 Å². The zero-order valence-corrected chi connectivity index (χ0v) is 15.5. The largest absolute Gasteiger partial charge is 0.398 e. The molecule has 0 bridgehead atoms. The van der Waals surface area contributed by atoms with Crippen molar-refractivity contribution in [2.75, 3.05) is 42.3 Å². The summed E-state index contributed by atoms with van der Waals surface area (Å²) in [6, 6.07) is 6.09. The maximum atomic E-state index is 11.9. The lowest BCUT2D eigenvalue weighted by Crippen LogP contribution is -2.32. The summed E-state index contributed by atoms with van der Waals surface area (Å²) < 4.78 is 5.09. The summed E-state index contributed by atoms with van der Waals surface area (Å²) in [5.41, 5.74) is 10.4. The maximum absolute atomic E-state index is 11.9. The van der Waals surface area contributed by atoms with Crippen LogP contribution in [0.2, 0.25) is 0 Å². The highest BCUT2D eigenvalue weighted by molar-refractivity contribution is 7.14. The van der Waals surface area contributed by atoms with E-state index in [9.17, 15) is 4.79 Å². The Kier molecular flexibility index (Phi) is 5.55. The van der Waals surface area contributed by atoms with Gasteiger partial charge in [-0.2, -0.15) is 0 Å². The van der Waals surface area contributed by atoms with E-state index in [4.69, 9.17) is 10.5 Å². The minimum Gasteiger partial charge on any atom is -0.398 e. The third-order valence-corrected chi connectivity index (χ3v) is 5.32. The van der Waals surface area contributed by atoms with Crippen LogP contribution in [-0.4, -0.2) is 37.7 Å². The van der Waals surface area contributed by atoms with Gasteiger partial charge in [-0.05, 0) is 30.5 Å². The molecule has 25 heavy (non-hydrogen) atoms. The smallest absolute Gasteiger partial charge is 0.225 e. The Morgan fingerprint density at radius 1 is 1.48 bits per heavy atom. The molecule has 0 unspecified atom stereocenters. The number of hydrogen-bond acceptors (Lipinski definition) is 6. The van der Waals surface area contributed by atoms with Gasteiger partial charge in [0.1, 0.15) is 0 Å². The number of carbonyl (C=O) groups excluding carboxylic acids is 1. The number of methoxy groups -OCH3 is 1. The van der Waals surface area contributed by atoms with Crippen molar-refractivity contribution in [2.24, 2.45) is 0 Å². The monoisotopic (exact) mass is 360 g/mol. The van der Waals surface area contributed by atoms with Crippen LogP contribution in [0.5, 0.6) is 0 Å². The molecule has 0 radical (unpaired) electrons. The van der Waals surface area contributed by atoms with Crippen molar-refractivity contribution in [3.63, 3.8) is 0 Å². The van der Waals surface area contributed by atoms with E-state index < -0.39 is 0 Å². The van der Waals surface area contributed by atoms with Gasteiger partial charge in [0.15, 0.2) is 5.13 Å². The molecular formula is C18H24N4O2S. The SMILES string of the molecule is COCCN(C(C)=O)c1nc(CN2CCCc3c(N)cccc32)cs1. The quantitative estimate of drug-likeness (QED) is 0.802. The lowest BCUT2D eigenvalue weighted by molar-refractivity contribution is -0.116. The van der Waals surface area contributed by atoms with Crippen LogP contribution in [0.4, 0.5) is 16.5 Å². The third kappa shape index (κ3) is 3.93. The van der Waals surface area contributed by atoms with Crippen molar-refractivity contribution in [1.29, 1.82) is 0 Å². The fourth-order valence-corrected chi connectivity index (χ4v) is 4.04. The lowest BCUT2D eigenvalue weighted by Gasteiger charge is -2.31. The number of hydrogen-bond donors (Lipinski definition) is 1. The number of ether oxygens (including phenoxy) is 1. The number of anilines is 3. The molecule has 1 aromatic carbocycles. The lowest BCUT2D eigenvalue weighted by atomic mass is 10.00. The fraction of sp³-hybridized carbons (Fsp3) is 0.444. The number of amides is 1. The Morgan fingerprint density at radius 2 is 2.32 bits per heavy atom. The number of thiazole rings is 1. The van der Waals surface area contributed by atoms with Crippen LogP contribution in [0, 0.1) is 0 Å². The molecule has 0 aliphatic carbocycles. The van der Waals surface area contributed by atoms with Crippen molar-refractivity contribution in [3.05, 3.63) is 34.8 Å². The van der Waals surface area contributed by atoms with E-state index in [0.717, 1.165) is 42.4 Å². The van der Waals surface area contributed by atoms with Crippen LogP contribution in [-0.2, 0) is 22.5 Å². The molecule has 0 saturated heterocycles. The van der Waals surface area contributed by atoms with Gasteiger partial charge in [-0.15, -0.1) is 11.3 Å². The van der Waals surface area contributed by atoms with E-state index >= 15 is 0 Å². The van der Waals surface area contributed by atoms with E-state index in [1.165, 1.54) is 22.6 Å². The molecular weight excluding hydrogens is 336 g/mol. The van der Waals surface area contributed by atoms with Crippen LogP contribution < -0.4 is 15.5 Å². The fourth-order valence-electron chi connectivity index (χ4n) is 3.15. The van der Waals surface area contributed by atoms with Crippen LogP contribution in [0.3, 0.4) is 0 Å². The molecule has 1 aliphatic heterocycles. The molecule has 0 atom stereocenters. The molecule has 1 aliphatic rings. The van der Waals surface area contributed by atoms with Crippen molar-refractivity contribution in [1.82, 2.24) is 4.98 Å². The topological polar surface area (TPSA) is 71.7 Å². The summed E-state index contributed by atoms with van der Waals surface area (Å²) in [5.74, 6) is -0.0194. The first-order valence-electron chi connectivity index (χ1n) is 8.44. The number of aromatic nitrogens is 1. The molecule has 0 fully saturated rings. The maximum Gasteiger partial charge on any atom is 0.225 e. The minimum absolute atomic E-state index is 0.0194. The molecule has 1 aromatic heterocycles. The van der Waals surface area contributed by atoms with E-state index in [1.54, 1.807) is 18.9 Å². The van der Waals surface area contributed by atoms with Gasteiger partial charge < -0.3 is 15.4 Å². The molecule has 1 amide bonds. The molecule has 0 spiro atoms. The summed E-state index contributed by atoms with van der Waals surface area (Å²) in [4.78, 5) is 20.5. The number of nitrogens with zero attached hydrogens (tertiary/aromatic N) is 3. The van der Waals surface area contributed by atoms with Crippen LogP contribution >= 0.6 is 11.3 Å². The molecule has 2 aromatic rings. The third-order valence-electron chi connectivity index (χ3n) is 4.41. The average Bonchev–Trinajstić information content (AvgIpc) is 3.04. The summed E-state index contributed by atoms with van der Waals surface area (Å²) in [7, 11) is 1.63. The molecule has 2 N–H and O–H groups in total. The number of nitrogen functional groups attached to an aromatic ring is 1. The van der Waals surface area contributed by atoms with Gasteiger partial charge in [-0.25, -0.2) is 4.98 Å². The Morgan fingerprint density at radius 3 is 3.08 bits per heavy atom. The van der Waals surface area contributed by atoms with E-state index in [0.29, 0.717) is 13.2 Å². The van der Waals surface area contributed by atoms with Gasteiger partial charge in [0, 0.05) is 37.3 Å². The second kappa shape index (κ2) is 7.84. The molecule has 7 heteroatoms. The number of nitrogens with two attached hydrogens (primary N) is 1. The predicted octanol–water partition coefficient (Wildman–Crippen LogP) is 2.68. The van der Waals surface area contributed by atoms with Gasteiger partial charge in [0.2, 0.25) is 5.91 Å². The first-order chi connectivity index (χ1) is 12.1. The highest BCUT2D eigenvalue weighted by atomic mass is 32.1.